The van der Waals surface area contributed by atoms with Crippen LogP contribution in [0.1, 0.15) is 37.0 Å². The first-order valence-corrected chi connectivity index (χ1v) is 7.73. The molecule has 2 rings (SSSR count). The van der Waals surface area contributed by atoms with Gasteiger partial charge in [0.15, 0.2) is 11.5 Å². The Morgan fingerprint density at radius 2 is 2.05 bits per heavy atom. The summed E-state index contributed by atoms with van der Waals surface area (Å²) < 4.78 is 6.84. The van der Waals surface area contributed by atoms with E-state index in [1.54, 1.807) is 13.0 Å². The number of imidazole rings is 1. The van der Waals surface area contributed by atoms with Crippen LogP contribution in [0.15, 0.2) is 12.3 Å². The van der Waals surface area contributed by atoms with Crippen LogP contribution in [0.5, 0.6) is 0 Å². The third-order valence-electron chi connectivity index (χ3n) is 3.46. The normalized spacial score (nSPS) is 10.7. The average molecular weight is 320 g/mol. The van der Waals surface area contributed by atoms with Crippen molar-refractivity contribution in [2.75, 3.05) is 19.7 Å². The summed E-state index contributed by atoms with van der Waals surface area (Å²) in [6.45, 7) is 7.84. The molecule has 118 valence electrons. The van der Waals surface area contributed by atoms with Crippen molar-refractivity contribution in [2.45, 2.75) is 20.8 Å². The van der Waals surface area contributed by atoms with Gasteiger partial charge in [0.1, 0.15) is 10.5 Å². The Bertz CT molecular complexity index is 707. The number of pyridine rings is 1. The first kappa shape index (κ1) is 16.4. The predicted molar refractivity (Wildman–Crippen MR) is 89.1 cm³/mol. The predicted octanol–water partition coefficient (Wildman–Crippen LogP) is 2.16. The van der Waals surface area contributed by atoms with Crippen molar-refractivity contribution >= 4 is 34.3 Å². The standard InChI is InChI=1S/C15H20N4O2S/c1-5-19(6-2)14(22)13-17-11-8-10(15(20)21-7-3)9-16-12(11)18(13)4/h8-9H,5-7H2,1-4H3. The van der Waals surface area contributed by atoms with Gasteiger partial charge in [-0.25, -0.2) is 14.8 Å². The molecule has 2 aromatic heterocycles. The van der Waals surface area contributed by atoms with Crippen molar-refractivity contribution < 1.29 is 9.53 Å². The number of ether oxygens (including phenoxy) is 1. The SMILES string of the molecule is CCOC(=O)c1cnc2c(c1)nc(C(=S)N(CC)CC)n2C. The number of thiocarbonyl (C=S) groups is 1. The molecule has 0 unspecified atom stereocenters. The van der Waals surface area contributed by atoms with Gasteiger partial charge < -0.3 is 14.2 Å². The molecule has 2 heterocycles. The van der Waals surface area contributed by atoms with E-state index in [0.29, 0.717) is 34.1 Å². The highest BCUT2D eigenvalue weighted by Gasteiger charge is 2.18. The van der Waals surface area contributed by atoms with Crippen LogP contribution in [-0.4, -0.2) is 50.1 Å². The molecule has 0 N–H and O–H groups in total. The number of hydrogen-bond donors (Lipinski definition) is 0. The average Bonchev–Trinajstić information content (AvgIpc) is 2.85. The fourth-order valence-electron chi connectivity index (χ4n) is 2.25. The quantitative estimate of drug-likeness (QED) is 0.621. The molecule has 0 aliphatic carbocycles. The molecule has 0 aromatic carbocycles. The van der Waals surface area contributed by atoms with Gasteiger partial charge in [0, 0.05) is 26.3 Å². The second-order valence-electron chi connectivity index (χ2n) is 4.76. The zero-order valence-corrected chi connectivity index (χ0v) is 14.1. The van der Waals surface area contributed by atoms with Crippen molar-refractivity contribution in [3.8, 4) is 0 Å². The number of aromatic nitrogens is 3. The highest BCUT2D eigenvalue weighted by Crippen LogP contribution is 2.16. The molecule has 22 heavy (non-hydrogen) atoms. The molecule has 2 aromatic rings. The number of carbonyl (C=O) groups is 1. The Balaban J connectivity index is 2.45. The molecule has 6 nitrogen and oxygen atoms in total. The first-order valence-electron chi connectivity index (χ1n) is 7.32. The summed E-state index contributed by atoms with van der Waals surface area (Å²) in [6.07, 6.45) is 1.51. The van der Waals surface area contributed by atoms with E-state index in [1.165, 1.54) is 6.20 Å². The summed E-state index contributed by atoms with van der Waals surface area (Å²) in [5.74, 6) is 0.289. The van der Waals surface area contributed by atoms with Gasteiger partial charge in [-0.15, -0.1) is 0 Å². The first-order chi connectivity index (χ1) is 10.5. The minimum atomic E-state index is -0.393. The van der Waals surface area contributed by atoms with E-state index >= 15 is 0 Å². The van der Waals surface area contributed by atoms with Crippen molar-refractivity contribution in [2.24, 2.45) is 7.05 Å². The second kappa shape index (κ2) is 6.83. The summed E-state index contributed by atoms with van der Waals surface area (Å²) in [6, 6.07) is 1.69. The molecule has 0 fully saturated rings. The maximum atomic E-state index is 11.8. The number of aryl methyl sites for hydroxylation is 1. The summed E-state index contributed by atoms with van der Waals surface area (Å²) in [5, 5.41) is 0. The van der Waals surface area contributed by atoms with Crippen LogP contribution in [0, 0.1) is 0 Å². The van der Waals surface area contributed by atoms with E-state index in [2.05, 4.69) is 28.7 Å². The molecule has 0 spiro atoms. The van der Waals surface area contributed by atoms with Crippen LogP contribution in [0.3, 0.4) is 0 Å². The number of rotatable bonds is 5. The van der Waals surface area contributed by atoms with Gasteiger partial charge >= 0.3 is 5.97 Å². The molecule has 0 saturated heterocycles. The molecule has 0 atom stereocenters. The third kappa shape index (κ3) is 2.94. The molecule has 0 saturated carbocycles. The van der Waals surface area contributed by atoms with Crippen LogP contribution in [0.25, 0.3) is 11.2 Å². The topological polar surface area (TPSA) is 60.2 Å². The Morgan fingerprint density at radius 1 is 1.36 bits per heavy atom. The molecule has 7 heteroatoms. The lowest BCUT2D eigenvalue weighted by Crippen LogP contribution is -2.31. The molecule has 0 aliphatic heterocycles. The van der Waals surface area contributed by atoms with Crippen LogP contribution in [-0.2, 0) is 11.8 Å². The van der Waals surface area contributed by atoms with Crippen molar-refractivity contribution in [1.29, 1.82) is 0 Å². The number of hydrogen-bond acceptors (Lipinski definition) is 5. The van der Waals surface area contributed by atoms with Crippen molar-refractivity contribution in [3.05, 3.63) is 23.7 Å². The molecular formula is C15H20N4O2S. The van der Waals surface area contributed by atoms with Gasteiger partial charge in [-0.2, -0.15) is 0 Å². The lowest BCUT2D eigenvalue weighted by molar-refractivity contribution is 0.0526. The molecular weight excluding hydrogens is 300 g/mol. The number of fused-ring (bicyclic) bond motifs is 1. The van der Waals surface area contributed by atoms with Gasteiger partial charge in [-0.05, 0) is 26.8 Å². The van der Waals surface area contributed by atoms with Crippen LogP contribution in [0.4, 0.5) is 0 Å². The smallest absolute Gasteiger partial charge is 0.339 e. The fraction of sp³-hybridized carbons (Fsp3) is 0.467. The summed E-state index contributed by atoms with van der Waals surface area (Å²) in [5.41, 5.74) is 1.72. The van der Waals surface area contributed by atoms with E-state index in [0.717, 1.165) is 13.1 Å². The molecule has 0 aliphatic rings. The van der Waals surface area contributed by atoms with Gasteiger partial charge in [0.25, 0.3) is 0 Å². The highest BCUT2D eigenvalue weighted by molar-refractivity contribution is 7.80. The zero-order valence-electron chi connectivity index (χ0n) is 13.3. The number of esters is 1. The minimum absolute atomic E-state index is 0.330. The largest absolute Gasteiger partial charge is 0.462 e. The van der Waals surface area contributed by atoms with Crippen molar-refractivity contribution in [3.63, 3.8) is 0 Å². The molecule has 0 amide bonds. The maximum Gasteiger partial charge on any atom is 0.339 e. The van der Waals surface area contributed by atoms with Crippen LogP contribution in [0.2, 0.25) is 0 Å². The Kier molecular flexibility index (Phi) is 5.07. The van der Waals surface area contributed by atoms with E-state index in [9.17, 15) is 4.79 Å². The summed E-state index contributed by atoms with van der Waals surface area (Å²) >= 11 is 5.52. The van der Waals surface area contributed by atoms with Crippen LogP contribution >= 0.6 is 12.2 Å². The maximum absolute atomic E-state index is 11.8. The van der Waals surface area contributed by atoms with E-state index in [-0.39, 0.29) is 0 Å². The highest BCUT2D eigenvalue weighted by atomic mass is 32.1. The Labute approximate surface area is 135 Å². The van der Waals surface area contributed by atoms with Crippen molar-refractivity contribution in [1.82, 2.24) is 19.4 Å². The Morgan fingerprint density at radius 3 is 2.64 bits per heavy atom. The molecule has 0 bridgehead atoms. The Hall–Kier alpha value is -2.02. The lowest BCUT2D eigenvalue weighted by Gasteiger charge is -2.20. The van der Waals surface area contributed by atoms with E-state index in [1.807, 2.05) is 11.6 Å². The van der Waals surface area contributed by atoms with Gasteiger partial charge in [-0.1, -0.05) is 12.2 Å². The monoisotopic (exact) mass is 320 g/mol. The minimum Gasteiger partial charge on any atom is -0.462 e. The lowest BCUT2D eigenvalue weighted by atomic mass is 10.3. The molecule has 0 radical (unpaired) electrons. The fourth-order valence-corrected chi connectivity index (χ4v) is 2.69. The van der Waals surface area contributed by atoms with Gasteiger partial charge in [0.2, 0.25) is 0 Å². The zero-order chi connectivity index (χ0) is 16.3. The number of nitrogens with zero attached hydrogens (tertiary/aromatic N) is 4. The third-order valence-corrected chi connectivity index (χ3v) is 3.90. The summed E-state index contributed by atoms with van der Waals surface area (Å²) in [7, 11) is 1.87. The van der Waals surface area contributed by atoms with Gasteiger partial charge in [0.05, 0.1) is 12.2 Å². The van der Waals surface area contributed by atoms with E-state index in [4.69, 9.17) is 17.0 Å². The number of carbonyl (C=O) groups excluding carboxylic acids is 1. The van der Waals surface area contributed by atoms with Gasteiger partial charge in [-0.3, -0.25) is 0 Å². The summed E-state index contributed by atoms with van der Waals surface area (Å²) in [4.78, 5) is 23.4. The second-order valence-corrected chi connectivity index (χ2v) is 5.15. The van der Waals surface area contributed by atoms with E-state index < -0.39 is 5.97 Å². The van der Waals surface area contributed by atoms with Crippen LogP contribution < -0.4 is 0 Å².